The van der Waals surface area contributed by atoms with Crippen molar-refractivity contribution in [2.75, 3.05) is 11.9 Å². The Morgan fingerprint density at radius 2 is 1.93 bits per heavy atom. The van der Waals surface area contributed by atoms with E-state index in [1.54, 1.807) is 0 Å². The van der Waals surface area contributed by atoms with Gasteiger partial charge in [0.15, 0.2) is 10.9 Å². The zero-order valence-electron chi connectivity index (χ0n) is 15.4. The number of rotatable bonds is 6. The molecule has 0 atom stereocenters. The highest BCUT2D eigenvalue weighted by Crippen LogP contribution is 2.38. The van der Waals surface area contributed by atoms with Crippen molar-refractivity contribution in [1.82, 2.24) is 9.71 Å². The number of nitrogens with zero attached hydrogens (tertiary/aromatic N) is 1. The van der Waals surface area contributed by atoms with Gasteiger partial charge in [0, 0.05) is 19.4 Å². The molecule has 0 saturated carbocycles. The SMILES string of the molecule is CC1(C)CC(=O)c2sc(NC(=O)CCNS(=O)(=O)c3ccc(F)cc3)nc2C1. The number of benzene rings is 1. The van der Waals surface area contributed by atoms with E-state index in [9.17, 15) is 22.4 Å². The van der Waals surface area contributed by atoms with Crippen molar-refractivity contribution in [2.24, 2.45) is 5.41 Å². The predicted molar refractivity (Wildman–Crippen MR) is 103 cm³/mol. The van der Waals surface area contributed by atoms with Gasteiger partial charge in [0.2, 0.25) is 15.9 Å². The quantitative estimate of drug-likeness (QED) is 0.740. The molecule has 1 aromatic heterocycles. The Bertz CT molecular complexity index is 1010. The number of fused-ring (bicyclic) bond motifs is 1. The fourth-order valence-electron chi connectivity index (χ4n) is 2.95. The average Bonchev–Trinajstić information content (AvgIpc) is 2.96. The van der Waals surface area contributed by atoms with Crippen LogP contribution in [0.4, 0.5) is 9.52 Å². The van der Waals surface area contributed by atoms with E-state index >= 15 is 0 Å². The summed E-state index contributed by atoms with van der Waals surface area (Å²) in [5.74, 6) is -0.928. The lowest BCUT2D eigenvalue weighted by molar-refractivity contribution is -0.116. The van der Waals surface area contributed by atoms with E-state index in [0.717, 1.165) is 35.6 Å². The third-order valence-corrected chi connectivity index (χ3v) is 6.78. The summed E-state index contributed by atoms with van der Waals surface area (Å²) in [6, 6.07) is 4.40. The van der Waals surface area contributed by atoms with Gasteiger partial charge in [-0.2, -0.15) is 0 Å². The fraction of sp³-hybridized carbons (Fsp3) is 0.389. The summed E-state index contributed by atoms with van der Waals surface area (Å²) in [5.41, 5.74) is 0.538. The smallest absolute Gasteiger partial charge is 0.240 e. The lowest BCUT2D eigenvalue weighted by Crippen LogP contribution is -2.27. The van der Waals surface area contributed by atoms with E-state index in [1.807, 2.05) is 13.8 Å². The van der Waals surface area contributed by atoms with Crippen LogP contribution < -0.4 is 10.0 Å². The van der Waals surface area contributed by atoms with Gasteiger partial charge in [-0.1, -0.05) is 25.2 Å². The molecule has 1 amide bonds. The maximum absolute atomic E-state index is 12.9. The molecule has 1 aromatic carbocycles. The van der Waals surface area contributed by atoms with Crippen molar-refractivity contribution in [3.8, 4) is 0 Å². The van der Waals surface area contributed by atoms with E-state index in [2.05, 4.69) is 15.0 Å². The lowest BCUT2D eigenvalue weighted by Gasteiger charge is -2.26. The molecule has 2 N–H and O–H groups in total. The van der Waals surface area contributed by atoms with Crippen molar-refractivity contribution in [3.63, 3.8) is 0 Å². The van der Waals surface area contributed by atoms with Crippen molar-refractivity contribution in [1.29, 1.82) is 0 Å². The Morgan fingerprint density at radius 3 is 2.61 bits per heavy atom. The maximum Gasteiger partial charge on any atom is 0.240 e. The molecule has 0 bridgehead atoms. The highest BCUT2D eigenvalue weighted by atomic mass is 32.2. The van der Waals surface area contributed by atoms with Gasteiger partial charge in [0.05, 0.1) is 15.5 Å². The number of carbonyl (C=O) groups is 2. The zero-order valence-corrected chi connectivity index (χ0v) is 17.0. The summed E-state index contributed by atoms with van der Waals surface area (Å²) in [4.78, 5) is 29.1. The molecule has 7 nitrogen and oxygen atoms in total. The van der Waals surface area contributed by atoms with Gasteiger partial charge in [0.1, 0.15) is 5.82 Å². The maximum atomic E-state index is 12.9. The molecular weight excluding hydrogens is 405 g/mol. The number of amides is 1. The fourth-order valence-corrected chi connectivity index (χ4v) is 4.92. The van der Waals surface area contributed by atoms with Gasteiger partial charge in [-0.15, -0.1) is 0 Å². The predicted octanol–water partition coefficient (Wildman–Crippen LogP) is 2.74. The Morgan fingerprint density at radius 1 is 1.25 bits per heavy atom. The molecular formula is C18H20FN3O4S2. The average molecular weight is 426 g/mol. The molecule has 2 aromatic rings. The van der Waals surface area contributed by atoms with Gasteiger partial charge in [0.25, 0.3) is 0 Å². The van der Waals surface area contributed by atoms with Gasteiger partial charge in [-0.25, -0.2) is 22.5 Å². The molecule has 3 rings (SSSR count). The van der Waals surface area contributed by atoms with Gasteiger partial charge in [-0.3, -0.25) is 9.59 Å². The number of anilines is 1. The molecule has 150 valence electrons. The number of sulfonamides is 1. The largest absolute Gasteiger partial charge is 0.302 e. The Balaban J connectivity index is 1.55. The number of nitrogens with one attached hydrogen (secondary N) is 2. The van der Waals surface area contributed by atoms with Crippen LogP contribution in [0.1, 0.15) is 42.1 Å². The van der Waals surface area contributed by atoms with Crippen LogP contribution in [0, 0.1) is 11.2 Å². The molecule has 1 aliphatic rings. The normalized spacial score (nSPS) is 15.9. The van der Waals surface area contributed by atoms with Crippen LogP contribution in [0.2, 0.25) is 0 Å². The minimum atomic E-state index is -3.82. The van der Waals surface area contributed by atoms with Gasteiger partial charge in [-0.05, 0) is 36.1 Å². The minimum Gasteiger partial charge on any atom is -0.302 e. The summed E-state index contributed by atoms with van der Waals surface area (Å²) in [6.45, 7) is 3.87. The first-order chi connectivity index (χ1) is 13.1. The van der Waals surface area contributed by atoms with Crippen LogP contribution in [0.15, 0.2) is 29.2 Å². The molecule has 10 heteroatoms. The second kappa shape index (κ2) is 7.69. The van der Waals surface area contributed by atoms with Crippen LogP contribution in [-0.4, -0.2) is 31.6 Å². The number of Topliss-reactive ketones (excluding diaryl/α,β-unsaturated/α-hetero) is 1. The third kappa shape index (κ3) is 4.81. The minimum absolute atomic E-state index is 0.0244. The first kappa shape index (κ1) is 20.6. The molecule has 0 aliphatic heterocycles. The summed E-state index contributed by atoms with van der Waals surface area (Å²) in [7, 11) is -3.82. The molecule has 0 saturated heterocycles. The van der Waals surface area contributed by atoms with Crippen LogP contribution in [-0.2, 0) is 21.2 Å². The molecule has 0 unspecified atom stereocenters. The molecule has 0 fully saturated rings. The summed E-state index contributed by atoms with van der Waals surface area (Å²) < 4.78 is 39.4. The topological polar surface area (TPSA) is 105 Å². The van der Waals surface area contributed by atoms with Crippen molar-refractivity contribution in [2.45, 2.75) is 38.0 Å². The molecule has 28 heavy (non-hydrogen) atoms. The number of carbonyl (C=O) groups excluding carboxylic acids is 2. The number of halogens is 1. The number of hydrogen-bond donors (Lipinski definition) is 2. The first-order valence-electron chi connectivity index (χ1n) is 8.64. The van der Waals surface area contributed by atoms with Crippen LogP contribution in [0.3, 0.4) is 0 Å². The zero-order chi connectivity index (χ0) is 20.5. The van der Waals surface area contributed by atoms with Crippen LogP contribution in [0.25, 0.3) is 0 Å². The Kier molecular flexibility index (Phi) is 5.64. The lowest BCUT2D eigenvalue weighted by atomic mass is 9.78. The Hall–Kier alpha value is -2.17. The molecule has 1 heterocycles. The van der Waals surface area contributed by atoms with E-state index in [0.29, 0.717) is 28.5 Å². The number of ketones is 1. The number of aromatic nitrogens is 1. The van der Waals surface area contributed by atoms with Crippen molar-refractivity contribution >= 4 is 38.2 Å². The second-order valence-electron chi connectivity index (χ2n) is 7.39. The summed E-state index contributed by atoms with van der Waals surface area (Å²) >= 11 is 1.14. The first-order valence-corrected chi connectivity index (χ1v) is 10.9. The van der Waals surface area contributed by atoms with E-state index in [4.69, 9.17) is 0 Å². The van der Waals surface area contributed by atoms with E-state index in [-0.39, 0.29) is 29.1 Å². The molecule has 0 spiro atoms. The van der Waals surface area contributed by atoms with E-state index in [1.165, 1.54) is 0 Å². The van der Waals surface area contributed by atoms with Crippen LogP contribution in [0.5, 0.6) is 0 Å². The van der Waals surface area contributed by atoms with Crippen molar-refractivity contribution in [3.05, 3.63) is 40.7 Å². The summed E-state index contributed by atoms with van der Waals surface area (Å²) in [6.07, 6.45) is 1.00. The van der Waals surface area contributed by atoms with E-state index < -0.39 is 21.7 Å². The highest BCUT2D eigenvalue weighted by Gasteiger charge is 2.34. The second-order valence-corrected chi connectivity index (χ2v) is 10.2. The van der Waals surface area contributed by atoms with Crippen molar-refractivity contribution < 1.29 is 22.4 Å². The molecule has 0 radical (unpaired) electrons. The monoisotopic (exact) mass is 425 g/mol. The third-order valence-electron chi connectivity index (χ3n) is 4.25. The van der Waals surface area contributed by atoms with Gasteiger partial charge >= 0.3 is 0 Å². The summed E-state index contributed by atoms with van der Waals surface area (Å²) in [5, 5.41) is 2.95. The molecule has 1 aliphatic carbocycles. The van der Waals surface area contributed by atoms with Crippen LogP contribution >= 0.6 is 11.3 Å². The number of thiazole rings is 1. The van der Waals surface area contributed by atoms with Gasteiger partial charge < -0.3 is 5.32 Å². The standard InChI is InChI=1S/C18H20FN3O4S2/c1-18(2)9-13-16(14(23)10-18)27-17(21-13)22-15(24)7-8-20-28(25,26)12-5-3-11(19)4-6-12/h3-6,20H,7-10H2,1-2H3,(H,21,22,24). The highest BCUT2D eigenvalue weighted by molar-refractivity contribution is 7.89. The Labute approximate surface area is 166 Å². The number of hydrogen-bond acceptors (Lipinski definition) is 6.